The maximum Gasteiger partial charge on any atom is 0.354 e. The van der Waals surface area contributed by atoms with Crippen molar-refractivity contribution >= 4 is 16.9 Å². The molecule has 0 aliphatic rings. The molecular formula is C18H17NO3. The van der Waals surface area contributed by atoms with Crippen LogP contribution in [-0.2, 0) is 4.74 Å². The molecule has 0 saturated heterocycles. The van der Waals surface area contributed by atoms with Gasteiger partial charge in [-0.3, -0.25) is 0 Å². The molecule has 0 radical (unpaired) electrons. The number of para-hydroxylation sites is 1. The van der Waals surface area contributed by atoms with Crippen molar-refractivity contribution in [3.8, 4) is 5.75 Å². The van der Waals surface area contributed by atoms with Crippen LogP contribution in [-0.4, -0.2) is 24.2 Å². The first-order chi connectivity index (χ1) is 10.7. The van der Waals surface area contributed by atoms with Gasteiger partial charge in [0.1, 0.15) is 24.7 Å². The lowest BCUT2D eigenvalue weighted by Gasteiger charge is -2.07. The highest BCUT2D eigenvalue weighted by atomic mass is 16.6. The van der Waals surface area contributed by atoms with Crippen LogP contribution in [0.3, 0.4) is 0 Å². The minimum Gasteiger partial charge on any atom is -0.490 e. The van der Waals surface area contributed by atoms with Crippen LogP contribution in [0.15, 0.2) is 54.6 Å². The molecule has 2 aromatic carbocycles. The highest BCUT2D eigenvalue weighted by Crippen LogP contribution is 2.15. The summed E-state index contributed by atoms with van der Waals surface area (Å²) < 4.78 is 10.8. The Morgan fingerprint density at radius 2 is 1.91 bits per heavy atom. The molecule has 0 atom stereocenters. The Morgan fingerprint density at radius 3 is 2.73 bits per heavy atom. The fourth-order valence-electron chi connectivity index (χ4n) is 2.26. The molecule has 1 aromatic heterocycles. The lowest BCUT2D eigenvalue weighted by Crippen LogP contribution is -2.12. The van der Waals surface area contributed by atoms with E-state index in [0.29, 0.717) is 12.3 Å². The molecule has 4 nitrogen and oxygen atoms in total. The fourth-order valence-corrected chi connectivity index (χ4v) is 2.26. The number of nitrogens with one attached hydrogen (secondary N) is 1. The van der Waals surface area contributed by atoms with E-state index in [4.69, 9.17) is 9.47 Å². The zero-order valence-corrected chi connectivity index (χ0v) is 12.3. The van der Waals surface area contributed by atoms with Crippen LogP contribution in [0.1, 0.15) is 16.1 Å². The monoisotopic (exact) mass is 295 g/mol. The van der Waals surface area contributed by atoms with Gasteiger partial charge >= 0.3 is 5.97 Å². The molecule has 0 aliphatic heterocycles. The fraction of sp³-hybridized carbons (Fsp3) is 0.167. The average Bonchev–Trinajstić information content (AvgIpc) is 2.95. The third-order valence-electron chi connectivity index (χ3n) is 3.32. The lowest BCUT2D eigenvalue weighted by atomic mass is 10.2. The van der Waals surface area contributed by atoms with Crippen molar-refractivity contribution < 1.29 is 14.3 Å². The highest BCUT2D eigenvalue weighted by Gasteiger charge is 2.10. The van der Waals surface area contributed by atoms with Gasteiger partial charge in [0, 0.05) is 10.9 Å². The molecule has 0 amide bonds. The van der Waals surface area contributed by atoms with E-state index in [1.165, 1.54) is 0 Å². The second-order valence-electron chi connectivity index (χ2n) is 5.07. The van der Waals surface area contributed by atoms with Gasteiger partial charge in [-0.25, -0.2) is 4.79 Å². The van der Waals surface area contributed by atoms with Gasteiger partial charge in [0.25, 0.3) is 0 Å². The Kier molecular flexibility index (Phi) is 4.10. The largest absolute Gasteiger partial charge is 0.490 e. The number of rotatable bonds is 5. The van der Waals surface area contributed by atoms with Gasteiger partial charge in [0.05, 0.1) is 0 Å². The minimum absolute atomic E-state index is 0.210. The first-order valence-electron chi connectivity index (χ1n) is 7.17. The summed E-state index contributed by atoms with van der Waals surface area (Å²) >= 11 is 0. The van der Waals surface area contributed by atoms with E-state index in [-0.39, 0.29) is 12.6 Å². The van der Waals surface area contributed by atoms with Crippen LogP contribution in [0.2, 0.25) is 0 Å². The van der Waals surface area contributed by atoms with E-state index >= 15 is 0 Å². The molecule has 0 aliphatic carbocycles. The van der Waals surface area contributed by atoms with E-state index in [2.05, 4.69) is 4.98 Å². The molecule has 0 fully saturated rings. The Labute approximate surface area is 128 Å². The first kappa shape index (κ1) is 14.2. The number of hydrogen-bond donors (Lipinski definition) is 1. The predicted octanol–water partition coefficient (Wildman–Crippen LogP) is 3.71. The summed E-state index contributed by atoms with van der Waals surface area (Å²) in [5.74, 6) is 0.408. The lowest BCUT2D eigenvalue weighted by molar-refractivity contribution is 0.0444. The molecule has 0 spiro atoms. The normalized spacial score (nSPS) is 10.6. The number of carbonyl (C=O) groups excluding carboxylic acids is 1. The molecule has 1 heterocycles. The van der Waals surface area contributed by atoms with Gasteiger partial charge in [-0.15, -0.1) is 0 Å². The van der Waals surface area contributed by atoms with Crippen LogP contribution in [0.5, 0.6) is 5.75 Å². The highest BCUT2D eigenvalue weighted by molar-refractivity contribution is 5.94. The number of aromatic nitrogens is 1. The molecule has 1 N–H and O–H groups in total. The Bertz CT molecular complexity index is 759. The SMILES string of the molecule is Cc1cccc(OCCOC(=O)c2cc3ccccc3[nH]2)c1. The second kappa shape index (κ2) is 6.35. The van der Waals surface area contributed by atoms with E-state index in [1.54, 1.807) is 6.07 Å². The Balaban J connectivity index is 1.52. The molecule has 3 aromatic rings. The van der Waals surface area contributed by atoms with Crippen molar-refractivity contribution in [3.63, 3.8) is 0 Å². The van der Waals surface area contributed by atoms with Crippen LogP contribution >= 0.6 is 0 Å². The molecule has 0 saturated carbocycles. The third-order valence-corrected chi connectivity index (χ3v) is 3.32. The van der Waals surface area contributed by atoms with Gasteiger partial charge in [-0.05, 0) is 36.8 Å². The van der Waals surface area contributed by atoms with Gasteiger partial charge in [0.2, 0.25) is 0 Å². The predicted molar refractivity (Wildman–Crippen MR) is 85.3 cm³/mol. The van der Waals surface area contributed by atoms with Crippen LogP contribution in [0.4, 0.5) is 0 Å². The quantitative estimate of drug-likeness (QED) is 0.576. The molecule has 3 rings (SSSR count). The maximum atomic E-state index is 12.0. The van der Waals surface area contributed by atoms with E-state index in [0.717, 1.165) is 22.2 Å². The van der Waals surface area contributed by atoms with Crippen molar-refractivity contribution in [1.82, 2.24) is 4.98 Å². The maximum absolute atomic E-state index is 12.0. The second-order valence-corrected chi connectivity index (χ2v) is 5.07. The van der Waals surface area contributed by atoms with Gasteiger partial charge in [-0.2, -0.15) is 0 Å². The van der Waals surface area contributed by atoms with Crippen LogP contribution < -0.4 is 4.74 Å². The van der Waals surface area contributed by atoms with Crippen molar-refractivity contribution in [3.05, 3.63) is 65.9 Å². The number of aryl methyl sites for hydroxylation is 1. The topological polar surface area (TPSA) is 51.3 Å². The van der Waals surface area contributed by atoms with E-state index < -0.39 is 0 Å². The number of aromatic amines is 1. The van der Waals surface area contributed by atoms with Gasteiger partial charge in [0.15, 0.2) is 0 Å². The Hall–Kier alpha value is -2.75. The van der Waals surface area contributed by atoms with Crippen LogP contribution in [0, 0.1) is 6.92 Å². The number of benzene rings is 2. The molecule has 22 heavy (non-hydrogen) atoms. The summed E-state index contributed by atoms with van der Waals surface area (Å²) in [5.41, 5.74) is 2.51. The first-order valence-corrected chi connectivity index (χ1v) is 7.17. The van der Waals surface area contributed by atoms with E-state index in [1.807, 2.05) is 55.5 Å². The van der Waals surface area contributed by atoms with E-state index in [9.17, 15) is 4.79 Å². The summed E-state index contributed by atoms with van der Waals surface area (Å²) in [6.07, 6.45) is 0. The number of esters is 1. The Morgan fingerprint density at radius 1 is 1.05 bits per heavy atom. The third kappa shape index (κ3) is 3.28. The number of fused-ring (bicyclic) bond motifs is 1. The number of H-pyrrole nitrogens is 1. The summed E-state index contributed by atoms with van der Waals surface area (Å²) in [4.78, 5) is 15.0. The average molecular weight is 295 g/mol. The molecule has 112 valence electrons. The number of ether oxygens (including phenoxy) is 2. The summed E-state index contributed by atoms with van der Waals surface area (Å²) in [6, 6.07) is 17.3. The molecular weight excluding hydrogens is 278 g/mol. The molecule has 0 unspecified atom stereocenters. The van der Waals surface area contributed by atoms with Crippen LogP contribution in [0.25, 0.3) is 10.9 Å². The number of carbonyl (C=O) groups is 1. The van der Waals surface area contributed by atoms with Gasteiger partial charge in [-0.1, -0.05) is 30.3 Å². The van der Waals surface area contributed by atoms with Crippen molar-refractivity contribution in [1.29, 1.82) is 0 Å². The molecule has 4 heteroatoms. The standard InChI is InChI=1S/C18H17NO3/c1-13-5-4-7-15(11-13)21-9-10-22-18(20)17-12-14-6-2-3-8-16(14)19-17/h2-8,11-12,19H,9-10H2,1H3. The summed E-state index contributed by atoms with van der Waals surface area (Å²) in [6.45, 7) is 2.54. The molecule has 0 bridgehead atoms. The van der Waals surface area contributed by atoms with Crippen molar-refractivity contribution in [2.45, 2.75) is 6.92 Å². The minimum atomic E-state index is -0.371. The zero-order chi connectivity index (χ0) is 15.4. The summed E-state index contributed by atoms with van der Waals surface area (Å²) in [7, 11) is 0. The van der Waals surface area contributed by atoms with Crippen molar-refractivity contribution in [2.75, 3.05) is 13.2 Å². The smallest absolute Gasteiger partial charge is 0.354 e. The van der Waals surface area contributed by atoms with Gasteiger partial charge < -0.3 is 14.5 Å². The zero-order valence-electron chi connectivity index (χ0n) is 12.3. The number of hydrogen-bond acceptors (Lipinski definition) is 3. The van der Waals surface area contributed by atoms with Crippen molar-refractivity contribution in [2.24, 2.45) is 0 Å². The summed E-state index contributed by atoms with van der Waals surface area (Å²) in [5, 5.41) is 0.991.